The molecule has 0 unspecified atom stereocenters. The van der Waals surface area contributed by atoms with Crippen molar-refractivity contribution in [3.05, 3.63) is 222 Å². The smallest absolute Gasteiger partial charge is 0.158 e. The molecule has 0 bridgehead atoms. The zero-order valence-corrected chi connectivity index (χ0v) is 35.2. The lowest BCUT2D eigenvalue weighted by Gasteiger charge is -2.06. The Morgan fingerprint density at radius 2 is 0.803 bits per heavy atom. The Hall–Kier alpha value is -7.35. The van der Waals surface area contributed by atoms with Crippen LogP contribution >= 0.6 is 22.6 Å². The van der Waals surface area contributed by atoms with Crippen molar-refractivity contribution < 1.29 is 8.83 Å². The molecule has 0 saturated carbocycles. The fraction of sp³-hybridized carbons (Fsp3) is 0. The van der Waals surface area contributed by atoms with Crippen LogP contribution in [0, 0.1) is 3.57 Å². The largest absolute Gasteiger partial charge is 0.454 e. The summed E-state index contributed by atoms with van der Waals surface area (Å²) in [5.41, 5.74) is 16.5. The second-order valence-corrected chi connectivity index (χ2v) is 16.0. The number of rotatable bonds is 4. The molecule has 0 radical (unpaired) electrons. The van der Waals surface area contributed by atoms with Gasteiger partial charge in [0.1, 0.15) is 16.7 Å². The van der Waals surface area contributed by atoms with Gasteiger partial charge in [0.25, 0.3) is 0 Å². The van der Waals surface area contributed by atoms with E-state index in [1.165, 1.54) is 43.3 Å². The predicted molar refractivity (Wildman–Crippen MR) is 267 cm³/mol. The van der Waals surface area contributed by atoms with Gasteiger partial charge in [-0.2, -0.15) is 0 Å². The van der Waals surface area contributed by atoms with Crippen molar-refractivity contribution in [2.75, 3.05) is 11.1 Å². The van der Waals surface area contributed by atoms with Gasteiger partial charge in [0.05, 0.1) is 9.26 Å². The van der Waals surface area contributed by atoms with E-state index in [4.69, 9.17) is 14.6 Å². The summed E-state index contributed by atoms with van der Waals surface area (Å²) < 4.78 is 14.1. The van der Waals surface area contributed by atoms with Crippen molar-refractivity contribution in [1.29, 1.82) is 0 Å². The highest BCUT2D eigenvalue weighted by molar-refractivity contribution is 14.1. The average Bonchev–Trinajstić information content (AvgIpc) is 3.92. The standard InChI is InChI=1S/C28H19NO.C22H13IO.C6H7N/c1-3-10-19(11-4-1)24-18-20-12-7-8-15-22(20)26-23-16-9-17-25(27(23)30-28(24)26)29-21-13-5-2-6-14-21;23-19-12-6-11-17-20-16-10-5-4-9-15(16)13-18(22(20)24-21(17)19)14-7-2-1-3-8-14;7-6-4-2-1-3-5-6/h1-18,29H;1-13H;1-5H,7H2. The minimum Gasteiger partial charge on any atom is -0.454 e. The first-order chi connectivity index (χ1) is 30.1. The highest BCUT2D eigenvalue weighted by Crippen LogP contribution is 2.44. The van der Waals surface area contributed by atoms with Gasteiger partial charge in [-0.05, 0) is 104 Å². The number of halogens is 1. The fourth-order valence-corrected chi connectivity index (χ4v) is 8.76. The zero-order chi connectivity index (χ0) is 41.1. The molecule has 0 fully saturated rings. The van der Waals surface area contributed by atoms with Crippen LogP contribution in [0.3, 0.4) is 0 Å². The molecule has 0 aliphatic rings. The summed E-state index contributed by atoms with van der Waals surface area (Å²) in [4.78, 5) is 0. The summed E-state index contributed by atoms with van der Waals surface area (Å²) in [5, 5.41) is 13.1. The molecule has 0 saturated heterocycles. The number of anilines is 3. The Labute approximate surface area is 367 Å². The number of furan rings is 2. The number of hydrogen-bond donors (Lipinski definition) is 2. The summed E-state index contributed by atoms with van der Waals surface area (Å²) in [6.45, 7) is 0. The minimum absolute atomic E-state index is 0.822. The molecule has 0 atom stereocenters. The summed E-state index contributed by atoms with van der Waals surface area (Å²) in [5.74, 6) is 0. The van der Waals surface area contributed by atoms with Crippen molar-refractivity contribution in [3.63, 3.8) is 0 Å². The molecule has 292 valence electrons. The molecule has 61 heavy (non-hydrogen) atoms. The first-order valence-corrected chi connectivity index (χ1v) is 21.3. The second kappa shape index (κ2) is 16.7. The summed E-state index contributed by atoms with van der Waals surface area (Å²) in [6.07, 6.45) is 0. The van der Waals surface area contributed by atoms with E-state index in [-0.39, 0.29) is 0 Å². The van der Waals surface area contributed by atoms with Gasteiger partial charge in [0, 0.05) is 44.0 Å². The van der Waals surface area contributed by atoms with Crippen molar-refractivity contribution in [2.45, 2.75) is 0 Å². The summed E-state index contributed by atoms with van der Waals surface area (Å²) in [7, 11) is 0. The van der Waals surface area contributed by atoms with Crippen molar-refractivity contribution in [3.8, 4) is 22.3 Å². The molecule has 5 heteroatoms. The third-order valence-corrected chi connectivity index (χ3v) is 11.8. The predicted octanol–water partition coefficient (Wildman–Crippen LogP) is 16.4. The van der Waals surface area contributed by atoms with Crippen LogP contribution in [0.5, 0.6) is 0 Å². The molecule has 0 amide bonds. The molecule has 12 aromatic rings. The summed E-state index contributed by atoms with van der Waals surface area (Å²) >= 11 is 2.35. The van der Waals surface area contributed by atoms with Gasteiger partial charge in [-0.1, -0.05) is 170 Å². The van der Waals surface area contributed by atoms with Crippen LogP contribution in [-0.4, -0.2) is 0 Å². The Morgan fingerprint density at radius 1 is 0.377 bits per heavy atom. The maximum absolute atomic E-state index is 6.59. The highest BCUT2D eigenvalue weighted by Gasteiger charge is 2.19. The molecular formula is C56H39IN2O2. The van der Waals surface area contributed by atoms with Crippen LogP contribution in [0.4, 0.5) is 17.1 Å². The molecule has 4 nitrogen and oxygen atoms in total. The number of hydrogen-bond acceptors (Lipinski definition) is 4. The quantitative estimate of drug-likeness (QED) is 0.136. The minimum atomic E-state index is 0.822. The number of nitrogens with two attached hydrogens (primary N) is 1. The van der Waals surface area contributed by atoms with Crippen LogP contribution < -0.4 is 11.1 Å². The molecule has 0 aliphatic carbocycles. The van der Waals surface area contributed by atoms with E-state index in [0.29, 0.717) is 0 Å². The van der Waals surface area contributed by atoms with Crippen LogP contribution in [0.15, 0.2) is 227 Å². The molecular weight excluding hydrogens is 860 g/mol. The van der Waals surface area contributed by atoms with E-state index in [0.717, 1.165) is 65.0 Å². The molecule has 0 aliphatic heterocycles. The van der Waals surface area contributed by atoms with Crippen LogP contribution in [0.1, 0.15) is 0 Å². The SMILES string of the molecule is Ic1cccc2c1oc1c(-c3ccccc3)cc3ccccc3c12.Nc1ccccc1.c1ccc(Nc2cccc3c2oc2c(-c4ccccc4)cc4ccccc4c23)cc1. The number of fused-ring (bicyclic) bond motifs is 10. The Bertz CT molecular complexity index is 3450. The van der Waals surface area contributed by atoms with Crippen LogP contribution in [0.2, 0.25) is 0 Å². The molecule has 3 N–H and O–H groups in total. The van der Waals surface area contributed by atoms with Crippen molar-refractivity contribution in [1.82, 2.24) is 0 Å². The monoisotopic (exact) mass is 898 g/mol. The number of benzene rings is 10. The average molecular weight is 899 g/mol. The van der Waals surface area contributed by atoms with Crippen molar-refractivity contribution >= 4 is 105 Å². The van der Waals surface area contributed by atoms with Gasteiger partial charge in [0.15, 0.2) is 5.58 Å². The molecule has 10 aromatic carbocycles. The zero-order valence-electron chi connectivity index (χ0n) is 33.1. The molecule has 2 heterocycles. The first-order valence-electron chi connectivity index (χ1n) is 20.2. The Balaban J connectivity index is 0.000000128. The maximum atomic E-state index is 6.59. The van der Waals surface area contributed by atoms with E-state index in [1.54, 1.807) is 0 Å². The van der Waals surface area contributed by atoms with Gasteiger partial charge in [-0.15, -0.1) is 0 Å². The lowest BCUT2D eigenvalue weighted by atomic mass is 9.96. The second-order valence-electron chi connectivity index (χ2n) is 14.8. The molecule has 0 spiro atoms. The molecule has 2 aromatic heterocycles. The number of nitrogens with one attached hydrogen (secondary N) is 1. The van der Waals surface area contributed by atoms with E-state index >= 15 is 0 Å². The van der Waals surface area contributed by atoms with Gasteiger partial charge in [0.2, 0.25) is 0 Å². The summed E-state index contributed by atoms with van der Waals surface area (Å²) in [6, 6.07) is 74.8. The van der Waals surface area contributed by atoms with Crippen LogP contribution in [0.25, 0.3) is 87.7 Å². The van der Waals surface area contributed by atoms with Gasteiger partial charge in [-0.25, -0.2) is 0 Å². The molecule has 12 rings (SSSR count). The fourth-order valence-electron chi connectivity index (χ4n) is 8.15. The van der Waals surface area contributed by atoms with E-state index in [1.807, 2.05) is 60.7 Å². The highest BCUT2D eigenvalue weighted by atomic mass is 127. The van der Waals surface area contributed by atoms with Crippen molar-refractivity contribution in [2.24, 2.45) is 0 Å². The number of nitrogen functional groups attached to an aromatic ring is 1. The number of para-hydroxylation sites is 4. The van der Waals surface area contributed by atoms with E-state index in [2.05, 4.69) is 186 Å². The Morgan fingerprint density at radius 3 is 1.33 bits per heavy atom. The van der Waals surface area contributed by atoms with Gasteiger partial charge < -0.3 is 19.9 Å². The van der Waals surface area contributed by atoms with Crippen LogP contribution in [-0.2, 0) is 0 Å². The van der Waals surface area contributed by atoms with E-state index < -0.39 is 0 Å². The third kappa shape index (κ3) is 7.45. The Kier molecular flexibility index (Phi) is 10.4. The first kappa shape index (κ1) is 37.9. The maximum Gasteiger partial charge on any atom is 0.158 e. The van der Waals surface area contributed by atoms with E-state index in [9.17, 15) is 0 Å². The normalized spacial score (nSPS) is 11.1. The third-order valence-electron chi connectivity index (χ3n) is 11.0. The topological polar surface area (TPSA) is 64.3 Å². The lowest BCUT2D eigenvalue weighted by Crippen LogP contribution is -1.89. The lowest BCUT2D eigenvalue weighted by molar-refractivity contribution is 0.668. The van der Waals surface area contributed by atoms with Gasteiger partial charge >= 0.3 is 0 Å². The van der Waals surface area contributed by atoms with Gasteiger partial charge in [-0.3, -0.25) is 0 Å².